The summed E-state index contributed by atoms with van der Waals surface area (Å²) in [6.45, 7) is 0. The third kappa shape index (κ3) is 2.80. The highest BCUT2D eigenvalue weighted by Crippen LogP contribution is 2.28. The van der Waals surface area contributed by atoms with E-state index in [4.69, 9.17) is 5.73 Å². The predicted octanol–water partition coefficient (Wildman–Crippen LogP) is 2.89. The molecule has 3 N–H and O–H groups in total. The zero-order valence-corrected chi connectivity index (χ0v) is 11.8. The fourth-order valence-electron chi connectivity index (χ4n) is 1.23. The highest BCUT2D eigenvalue weighted by atomic mass is 79.9. The molecule has 0 unspecified atom stereocenters. The molecule has 0 aliphatic carbocycles. The van der Waals surface area contributed by atoms with Crippen molar-refractivity contribution in [2.24, 2.45) is 0 Å². The second-order valence-corrected chi connectivity index (χ2v) is 7.62. The Labute approximate surface area is 112 Å². The Kier molecular flexibility index (Phi) is 3.41. The van der Waals surface area contributed by atoms with Gasteiger partial charge in [0.25, 0.3) is 10.0 Å². The number of nitrogens with one attached hydrogen (secondary N) is 1. The number of halogens is 1. The summed E-state index contributed by atoms with van der Waals surface area (Å²) >= 11 is 4.37. The van der Waals surface area contributed by atoms with E-state index in [0.29, 0.717) is 11.4 Å². The maximum atomic E-state index is 12.0. The third-order valence-corrected chi connectivity index (χ3v) is 5.50. The fraction of sp³-hybridized carbons (Fsp3) is 0. The minimum Gasteiger partial charge on any atom is -0.397 e. The van der Waals surface area contributed by atoms with Crippen LogP contribution in [0.4, 0.5) is 11.4 Å². The Balaban J connectivity index is 2.33. The standard InChI is InChI=1S/C10H9BrN2O2S2/c11-9-5-6-10(16-9)17(14,15)13-8-4-2-1-3-7(8)12/h1-6,13H,12H2. The monoisotopic (exact) mass is 332 g/mol. The Morgan fingerprint density at radius 2 is 1.88 bits per heavy atom. The maximum Gasteiger partial charge on any atom is 0.271 e. The van der Waals surface area contributed by atoms with E-state index in [2.05, 4.69) is 20.7 Å². The van der Waals surface area contributed by atoms with Gasteiger partial charge in [0.1, 0.15) is 4.21 Å². The molecule has 0 aliphatic heterocycles. The first-order valence-electron chi connectivity index (χ1n) is 4.62. The van der Waals surface area contributed by atoms with Crippen LogP contribution in [0.3, 0.4) is 0 Å². The second kappa shape index (κ2) is 4.67. The minimum absolute atomic E-state index is 0.243. The third-order valence-electron chi connectivity index (χ3n) is 2.02. The Hall–Kier alpha value is -1.05. The number of thiophene rings is 1. The normalized spacial score (nSPS) is 11.4. The van der Waals surface area contributed by atoms with Gasteiger partial charge in [0.2, 0.25) is 0 Å². The van der Waals surface area contributed by atoms with Crippen molar-refractivity contribution in [2.75, 3.05) is 10.5 Å². The van der Waals surface area contributed by atoms with Gasteiger partial charge in [-0.15, -0.1) is 11.3 Å². The molecule has 0 aliphatic rings. The van der Waals surface area contributed by atoms with Crippen LogP contribution < -0.4 is 10.5 Å². The van der Waals surface area contributed by atoms with Crippen LogP contribution in [0.25, 0.3) is 0 Å². The molecule has 0 fully saturated rings. The summed E-state index contributed by atoms with van der Waals surface area (Å²) < 4.78 is 27.4. The number of hydrogen-bond donors (Lipinski definition) is 2. The van der Waals surface area contributed by atoms with Crippen LogP contribution in [-0.4, -0.2) is 8.42 Å². The van der Waals surface area contributed by atoms with Crippen molar-refractivity contribution < 1.29 is 8.42 Å². The lowest BCUT2D eigenvalue weighted by atomic mass is 10.3. The smallest absolute Gasteiger partial charge is 0.271 e. The van der Waals surface area contributed by atoms with Crippen LogP contribution in [0.15, 0.2) is 44.4 Å². The van der Waals surface area contributed by atoms with Gasteiger partial charge in [-0.25, -0.2) is 8.42 Å². The van der Waals surface area contributed by atoms with Crippen molar-refractivity contribution in [1.82, 2.24) is 0 Å². The zero-order valence-electron chi connectivity index (χ0n) is 8.55. The van der Waals surface area contributed by atoms with Crippen LogP contribution in [0.1, 0.15) is 0 Å². The predicted molar refractivity (Wildman–Crippen MR) is 73.7 cm³/mol. The Bertz CT molecular complexity index is 637. The van der Waals surface area contributed by atoms with Gasteiger partial charge < -0.3 is 5.73 Å². The molecule has 4 nitrogen and oxygen atoms in total. The molecule has 0 amide bonds. The first-order chi connectivity index (χ1) is 7.99. The summed E-state index contributed by atoms with van der Waals surface area (Å²) in [6.07, 6.45) is 0. The highest BCUT2D eigenvalue weighted by Gasteiger charge is 2.17. The fourth-order valence-corrected chi connectivity index (χ4v) is 4.32. The van der Waals surface area contributed by atoms with Crippen LogP contribution >= 0.6 is 27.3 Å². The van der Waals surface area contributed by atoms with Gasteiger partial charge in [0.15, 0.2) is 0 Å². The van der Waals surface area contributed by atoms with Crippen molar-refractivity contribution in [2.45, 2.75) is 4.21 Å². The number of anilines is 2. The van der Waals surface area contributed by atoms with Gasteiger partial charge in [-0.1, -0.05) is 12.1 Å². The van der Waals surface area contributed by atoms with Gasteiger partial charge in [-0.05, 0) is 40.2 Å². The molecule has 2 rings (SSSR count). The molecule has 1 heterocycles. The summed E-state index contributed by atoms with van der Waals surface area (Å²) in [7, 11) is -3.56. The molecule has 1 aromatic carbocycles. The first-order valence-corrected chi connectivity index (χ1v) is 7.71. The van der Waals surface area contributed by atoms with Crippen molar-refractivity contribution in [1.29, 1.82) is 0 Å². The van der Waals surface area contributed by atoms with E-state index < -0.39 is 10.0 Å². The van der Waals surface area contributed by atoms with Crippen molar-refractivity contribution in [3.05, 3.63) is 40.2 Å². The zero-order chi connectivity index (χ0) is 12.5. The van der Waals surface area contributed by atoms with E-state index in [1.165, 1.54) is 6.07 Å². The van der Waals surface area contributed by atoms with E-state index in [-0.39, 0.29) is 4.21 Å². The molecule has 90 valence electrons. The largest absolute Gasteiger partial charge is 0.397 e. The van der Waals surface area contributed by atoms with Gasteiger partial charge in [0, 0.05) is 0 Å². The number of para-hydroxylation sites is 2. The number of hydrogen-bond acceptors (Lipinski definition) is 4. The van der Waals surface area contributed by atoms with E-state index in [9.17, 15) is 8.42 Å². The lowest BCUT2D eigenvalue weighted by molar-refractivity contribution is 0.603. The lowest BCUT2D eigenvalue weighted by Crippen LogP contribution is -2.12. The molecule has 2 aromatic rings. The first kappa shape index (κ1) is 12.4. The summed E-state index contributed by atoms with van der Waals surface area (Å²) in [5.41, 5.74) is 6.46. The minimum atomic E-state index is -3.56. The molecule has 0 spiro atoms. The summed E-state index contributed by atoms with van der Waals surface area (Å²) in [5, 5.41) is 0. The summed E-state index contributed by atoms with van der Waals surface area (Å²) in [4.78, 5) is 0. The van der Waals surface area contributed by atoms with Crippen LogP contribution in [0.5, 0.6) is 0 Å². The van der Waals surface area contributed by atoms with E-state index in [1.807, 2.05) is 0 Å². The van der Waals surface area contributed by atoms with Crippen LogP contribution in [0.2, 0.25) is 0 Å². The van der Waals surface area contributed by atoms with E-state index in [1.54, 1.807) is 30.3 Å². The quantitative estimate of drug-likeness (QED) is 0.849. The molecular weight excluding hydrogens is 324 g/mol. The van der Waals surface area contributed by atoms with Crippen molar-refractivity contribution in [3.63, 3.8) is 0 Å². The summed E-state index contributed by atoms with van der Waals surface area (Å²) in [5.74, 6) is 0. The van der Waals surface area contributed by atoms with E-state index in [0.717, 1.165) is 15.1 Å². The molecule has 0 saturated carbocycles. The number of rotatable bonds is 3. The van der Waals surface area contributed by atoms with Gasteiger partial charge in [-0.2, -0.15) is 0 Å². The average Bonchev–Trinajstić information content (AvgIpc) is 2.69. The second-order valence-electron chi connectivity index (χ2n) is 3.25. The summed E-state index contributed by atoms with van der Waals surface area (Å²) in [6, 6.07) is 9.95. The molecule has 0 atom stereocenters. The molecule has 1 aromatic heterocycles. The highest BCUT2D eigenvalue weighted by molar-refractivity contribution is 9.11. The number of nitrogen functional groups attached to an aromatic ring is 1. The lowest BCUT2D eigenvalue weighted by Gasteiger charge is -2.08. The number of sulfonamides is 1. The molecule has 7 heteroatoms. The Morgan fingerprint density at radius 3 is 2.47 bits per heavy atom. The number of benzene rings is 1. The van der Waals surface area contributed by atoms with Crippen LogP contribution in [0, 0.1) is 0 Å². The van der Waals surface area contributed by atoms with E-state index >= 15 is 0 Å². The molecule has 0 radical (unpaired) electrons. The average molecular weight is 333 g/mol. The molecule has 17 heavy (non-hydrogen) atoms. The molecule has 0 bridgehead atoms. The Morgan fingerprint density at radius 1 is 1.18 bits per heavy atom. The van der Waals surface area contributed by atoms with Crippen LogP contribution in [-0.2, 0) is 10.0 Å². The molecule has 0 saturated heterocycles. The SMILES string of the molecule is Nc1ccccc1NS(=O)(=O)c1ccc(Br)s1. The van der Waals surface area contributed by atoms with Crippen molar-refractivity contribution in [3.8, 4) is 0 Å². The van der Waals surface area contributed by atoms with Gasteiger partial charge in [-0.3, -0.25) is 4.72 Å². The molecular formula is C10H9BrN2O2S2. The maximum absolute atomic E-state index is 12.0. The number of nitrogens with two attached hydrogens (primary N) is 1. The van der Waals surface area contributed by atoms with Gasteiger partial charge in [0.05, 0.1) is 15.2 Å². The topological polar surface area (TPSA) is 72.2 Å². The van der Waals surface area contributed by atoms with Crippen molar-refractivity contribution >= 4 is 48.7 Å². The van der Waals surface area contributed by atoms with Gasteiger partial charge >= 0.3 is 0 Å².